The fraction of sp³-hybridized carbons (Fsp3) is 0.0667. The lowest BCUT2D eigenvalue weighted by atomic mass is 9.98. The molecular weight excluding hydrogens is 244 g/mol. The molecule has 0 aliphatic rings. The van der Waals surface area contributed by atoms with Gasteiger partial charge in [0.2, 0.25) is 0 Å². The first kappa shape index (κ1) is 12.8. The van der Waals surface area contributed by atoms with E-state index in [1.54, 1.807) is 30.3 Å². The van der Waals surface area contributed by atoms with E-state index in [1.165, 1.54) is 19.2 Å². The Labute approximate surface area is 110 Å². The summed E-state index contributed by atoms with van der Waals surface area (Å²) in [5.74, 6) is -0.598. The summed E-state index contributed by atoms with van der Waals surface area (Å²) in [5.41, 5.74) is 1.94. The molecule has 2 aromatic rings. The maximum atomic E-state index is 11.1. The number of rotatable bonds is 4. The topological polar surface area (TPSA) is 63.6 Å². The zero-order valence-electron chi connectivity index (χ0n) is 10.3. The van der Waals surface area contributed by atoms with Crippen molar-refractivity contribution in [3.63, 3.8) is 0 Å². The second-order valence-corrected chi connectivity index (χ2v) is 3.96. The van der Waals surface area contributed by atoms with Gasteiger partial charge in [0.15, 0.2) is 6.29 Å². The second-order valence-electron chi connectivity index (χ2n) is 3.96. The molecule has 2 rings (SSSR count). The van der Waals surface area contributed by atoms with Gasteiger partial charge in [0.25, 0.3) is 0 Å². The van der Waals surface area contributed by atoms with Crippen LogP contribution >= 0.6 is 0 Å². The summed E-state index contributed by atoms with van der Waals surface area (Å²) in [5, 5.41) is 9.08. The highest BCUT2D eigenvalue weighted by atomic mass is 16.5. The number of carboxylic acids is 1. The van der Waals surface area contributed by atoms with Crippen LogP contribution in [0.4, 0.5) is 0 Å². The summed E-state index contributed by atoms with van der Waals surface area (Å²) in [6.45, 7) is 0. The first-order valence-electron chi connectivity index (χ1n) is 5.62. The van der Waals surface area contributed by atoms with Gasteiger partial charge < -0.3 is 9.84 Å². The molecule has 2 aromatic carbocycles. The molecule has 0 saturated carbocycles. The Bertz CT molecular complexity index is 632. The first-order chi connectivity index (χ1) is 9.15. The van der Waals surface area contributed by atoms with E-state index < -0.39 is 5.97 Å². The normalized spacial score (nSPS) is 9.95. The molecule has 0 atom stereocenters. The molecule has 0 heterocycles. The van der Waals surface area contributed by atoms with Crippen molar-refractivity contribution in [1.82, 2.24) is 0 Å². The number of methoxy groups -OCH3 is 1. The van der Waals surface area contributed by atoms with Crippen LogP contribution in [0, 0.1) is 0 Å². The SMILES string of the molecule is COc1cc(C(=O)O)cc(-c2ccccc2C=O)c1. The first-order valence-corrected chi connectivity index (χ1v) is 5.62. The van der Waals surface area contributed by atoms with Gasteiger partial charge in [-0.2, -0.15) is 0 Å². The molecule has 0 aliphatic carbocycles. The summed E-state index contributed by atoms with van der Waals surface area (Å²) >= 11 is 0. The molecule has 0 saturated heterocycles. The van der Waals surface area contributed by atoms with Crippen LogP contribution in [0.1, 0.15) is 20.7 Å². The van der Waals surface area contributed by atoms with E-state index in [2.05, 4.69) is 0 Å². The number of benzene rings is 2. The summed E-state index contributed by atoms with van der Waals surface area (Å²) in [7, 11) is 1.47. The van der Waals surface area contributed by atoms with Gasteiger partial charge in [-0.25, -0.2) is 4.79 Å². The third-order valence-corrected chi connectivity index (χ3v) is 2.79. The average Bonchev–Trinajstić information content (AvgIpc) is 2.46. The number of hydrogen-bond donors (Lipinski definition) is 1. The Morgan fingerprint density at radius 2 is 1.95 bits per heavy atom. The van der Waals surface area contributed by atoms with Crippen molar-refractivity contribution in [2.45, 2.75) is 0 Å². The Balaban J connectivity index is 2.64. The molecule has 1 N–H and O–H groups in total. The van der Waals surface area contributed by atoms with Crippen LogP contribution in [0.3, 0.4) is 0 Å². The minimum absolute atomic E-state index is 0.120. The zero-order chi connectivity index (χ0) is 13.8. The van der Waals surface area contributed by atoms with Crippen LogP contribution in [-0.4, -0.2) is 24.5 Å². The standard InChI is InChI=1S/C15H12O4/c1-19-13-7-11(6-12(8-13)15(17)18)14-5-3-2-4-10(14)9-16/h2-9H,1H3,(H,17,18). The van der Waals surface area contributed by atoms with Crippen LogP contribution in [0.15, 0.2) is 42.5 Å². The average molecular weight is 256 g/mol. The zero-order valence-corrected chi connectivity index (χ0v) is 10.3. The van der Waals surface area contributed by atoms with Crippen molar-refractivity contribution in [1.29, 1.82) is 0 Å². The number of carboxylic acid groups (broad SMARTS) is 1. The summed E-state index contributed by atoms with van der Waals surface area (Å²) < 4.78 is 5.09. The van der Waals surface area contributed by atoms with E-state index in [1.807, 2.05) is 0 Å². The smallest absolute Gasteiger partial charge is 0.335 e. The van der Waals surface area contributed by atoms with Gasteiger partial charge in [-0.1, -0.05) is 24.3 Å². The molecule has 0 aromatic heterocycles. The maximum absolute atomic E-state index is 11.1. The number of aromatic carboxylic acids is 1. The van der Waals surface area contributed by atoms with Gasteiger partial charge in [0.05, 0.1) is 12.7 Å². The molecular formula is C15H12O4. The monoisotopic (exact) mass is 256 g/mol. The molecule has 4 heteroatoms. The highest BCUT2D eigenvalue weighted by molar-refractivity contribution is 5.93. The van der Waals surface area contributed by atoms with Gasteiger partial charge >= 0.3 is 5.97 Å². The predicted molar refractivity (Wildman–Crippen MR) is 70.8 cm³/mol. The van der Waals surface area contributed by atoms with Crippen molar-refractivity contribution in [2.75, 3.05) is 7.11 Å². The molecule has 96 valence electrons. The Hall–Kier alpha value is -2.62. The van der Waals surface area contributed by atoms with E-state index in [4.69, 9.17) is 9.84 Å². The van der Waals surface area contributed by atoms with Crippen LogP contribution in [0.2, 0.25) is 0 Å². The minimum Gasteiger partial charge on any atom is -0.497 e. The number of ether oxygens (including phenoxy) is 1. The highest BCUT2D eigenvalue weighted by Crippen LogP contribution is 2.28. The van der Waals surface area contributed by atoms with Crippen molar-refractivity contribution >= 4 is 12.3 Å². The molecule has 0 fully saturated rings. The Morgan fingerprint density at radius 1 is 1.21 bits per heavy atom. The third-order valence-electron chi connectivity index (χ3n) is 2.79. The number of aldehydes is 1. The minimum atomic E-state index is -1.04. The fourth-order valence-corrected chi connectivity index (χ4v) is 1.86. The van der Waals surface area contributed by atoms with Crippen molar-refractivity contribution < 1.29 is 19.4 Å². The van der Waals surface area contributed by atoms with E-state index in [0.29, 0.717) is 22.4 Å². The van der Waals surface area contributed by atoms with Crippen molar-refractivity contribution in [3.8, 4) is 16.9 Å². The van der Waals surface area contributed by atoms with E-state index in [0.717, 1.165) is 6.29 Å². The van der Waals surface area contributed by atoms with E-state index in [-0.39, 0.29) is 5.56 Å². The van der Waals surface area contributed by atoms with E-state index >= 15 is 0 Å². The van der Waals surface area contributed by atoms with Crippen molar-refractivity contribution in [2.24, 2.45) is 0 Å². The molecule has 4 nitrogen and oxygen atoms in total. The summed E-state index contributed by atoms with van der Waals surface area (Å²) in [6.07, 6.45) is 0.745. The molecule has 0 radical (unpaired) electrons. The lowest BCUT2D eigenvalue weighted by Crippen LogP contribution is -1.98. The summed E-state index contributed by atoms with van der Waals surface area (Å²) in [4.78, 5) is 22.1. The van der Waals surface area contributed by atoms with Gasteiger partial charge in [-0.3, -0.25) is 4.79 Å². The van der Waals surface area contributed by atoms with Gasteiger partial charge in [0, 0.05) is 5.56 Å². The second kappa shape index (κ2) is 5.35. The fourth-order valence-electron chi connectivity index (χ4n) is 1.86. The van der Waals surface area contributed by atoms with Gasteiger partial charge in [-0.15, -0.1) is 0 Å². The molecule has 0 aliphatic heterocycles. The molecule has 0 amide bonds. The Kier molecular flexibility index (Phi) is 3.61. The van der Waals surface area contributed by atoms with Crippen LogP contribution in [0.25, 0.3) is 11.1 Å². The molecule has 0 unspecified atom stereocenters. The third kappa shape index (κ3) is 2.63. The van der Waals surface area contributed by atoms with E-state index in [9.17, 15) is 9.59 Å². The van der Waals surface area contributed by atoms with Gasteiger partial charge in [0.1, 0.15) is 5.75 Å². The Morgan fingerprint density at radius 3 is 2.58 bits per heavy atom. The number of carbonyl (C=O) groups excluding carboxylic acids is 1. The van der Waals surface area contributed by atoms with Crippen LogP contribution in [-0.2, 0) is 0 Å². The number of carbonyl (C=O) groups is 2. The lowest BCUT2D eigenvalue weighted by Gasteiger charge is -2.09. The lowest BCUT2D eigenvalue weighted by molar-refractivity contribution is 0.0696. The molecule has 0 bridgehead atoms. The van der Waals surface area contributed by atoms with Crippen LogP contribution in [0.5, 0.6) is 5.75 Å². The van der Waals surface area contributed by atoms with Gasteiger partial charge in [-0.05, 0) is 29.3 Å². The summed E-state index contributed by atoms with van der Waals surface area (Å²) in [6, 6.07) is 11.7. The highest BCUT2D eigenvalue weighted by Gasteiger charge is 2.11. The predicted octanol–water partition coefficient (Wildman–Crippen LogP) is 2.87. The largest absolute Gasteiger partial charge is 0.497 e. The molecule has 0 spiro atoms. The molecule has 19 heavy (non-hydrogen) atoms. The quantitative estimate of drug-likeness (QED) is 0.854. The maximum Gasteiger partial charge on any atom is 0.335 e. The van der Waals surface area contributed by atoms with Crippen molar-refractivity contribution in [3.05, 3.63) is 53.6 Å². The van der Waals surface area contributed by atoms with Crippen LogP contribution < -0.4 is 4.74 Å². The number of hydrogen-bond acceptors (Lipinski definition) is 3.